The molecule has 0 atom stereocenters. The highest BCUT2D eigenvalue weighted by Crippen LogP contribution is 2.19. The van der Waals surface area contributed by atoms with Crippen molar-refractivity contribution < 1.29 is 0 Å². The van der Waals surface area contributed by atoms with Crippen LogP contribution in [0.3, 0.4) is 0 Å². The predicted octanol–water partition coefficient (Wildman–Crippen LogP) is 2.31. The highest BCUT2D eigenvalue weighted by atomic mass is 32.2. The van der Waals surface area contributed by atoms with Crippen LogP contribution in [-0.2, 0) is 6.54 Å². The van der Waals surface area contributed by atoms with Gasteiger partial charge in [-0.1, -0.05) is 6.07 Å². The van der Waals surface area contributed by atoms with E-state index in [2.05, 4.69) is 36.5 Å². The van der Waals surface area contributed by atoms with Crippen LogP contribution in [0, 0.1) is 0 Å². The molecule has 2 nitrogen and oxygen atoms in total. The van der Waals surface area contributed by atoms with E-state index in [4.69, 9.17) is 0 Å². The number of aromatic nitrogens is 1. The fraction of sp³-hybridized carbons (Fsp3) is 0.545. The summed E-state index contributed by atoms with van der Waals surface area (Å²) in [5.41, 5.74) is 1.24. The molecule has 0 spiro atoms. The first-order valence-electron chi connectivity index (χ1n) is 4.79. The first kappa shape index (κ1) is 11.5. The maximum absolute atomic E-state index is 4.07. The molecule has 1 aromatic heterocycles. The SMILES string of the molecule is CSC(C)(C)CNCc1cccnc1. The van der Waals surface area contributed by atoms with E-state index in [1.807, 2.05) is 24.0 Å². The van der Waals surface area contributed by atoms with Gasteiger partial charge in [0.05, 0.1) is 0 Å². The molecule has 0 unspecified atom stereocenters. The van der Waals surface area contributed by atoms with Crippen molar-refractivity contribution in [1.29, 1.82) is 0 Å². The summed E-state index contributed by atoms with van der Waals surface area (Å²) >= 11 is 1.88. The van der Waals surface area contributed by atoms with Crippen LogP contribution in [0.5, 0.6) is 0 Å². The molecule has 0 aliphatic carbocycles. The Morgan fingerprint density at radius 2 is 2.29 bits per heavy atom. The van der Waals surface area contributed by atoms with Gasteiger partial charge in [-0.25, -0.2) is 0 Å². The molecule has 0 fully saturated rings. The quantitative estimate of drug-likeness (QED) is 0.807. The molecule has 78 valence electrons. The Hall–Kier alpha value is -0.540. The van der Waals surface area contributed by atoms with Gasteiger partial charge >= 0.3 is 0 Å². The van der Waals surface area contributed by atoms with Gasteiger partial charge in [-0.05, 0) is 31.7 Å². The Labute approximate surface area is 90.5 Å². The van der Waals surface area contributed by atoms with Crippen LogP contribution < -0.4 is 5.32 Å². The van der Waals surface area contributed by atoms with E-state index in [1.54, 1.807) is 6.20 Å². The molecule has 1 aromatic rings. The number of rotatable bonds is 5. The molecule has 0 radical (unpaired) electrons. The van der Waals surface area contributed by atoms with Gasteiger partial charge in [-0.2, -0.15) is 11.8 Å². The molecule has 0 aliphatic heterocycles. The minimum absolute atomic E-state index is 0.308. The highest BCUT2D eigenvalue weighted by molar-refractivity contribution is 7.99. The lowest BCUT2D eigenvalue weighted by Gasteiger charge is -2.22. The fourth-order valence-electron chi connectivity index (χ4n) is 1.08. The van der Waals surface area contributed by atoms with Gasteiger partial charge in [0, 0.05) is 30.2 Å². The zero-order valence-corrected chi connectivity index (χ0v) is 9.90. The van der Waals surface area contributed by atoms with Crippen molar-refractivity contribution in [3.63, 3.8) is 0 Å². The van der Waals surface area contributed by atoms with E-state index in [0.717, 1.165) is 13.1 Å². The Kier molecular flexibility index (Phi) is 4.42. The predicted molar refractivity (Wildman–Crippen MR) is 63.5 cm³/mol. The molecule has 0 bridgehead atoms. The fourth-order valence-corrected chi connectivity index (χ4v) is 1.33. The molecular formula is C11H18N2S. The van der Waals surface area contributed by atoms with Gasteiger partial charge in [0.25, 0.3) is 0 Å². The van der Waals surface area contributed by atoms with Crippen LogP contribution in [0.15, 0.2) is 24.5 Å². The minimum Gasteiger partial charge on any atom is -0.311 e. The monoisotopic (exact) mass is 210 g/mol. The van der Waals surface area contributed by atoms with Crippen molar-refractivity contribution in [3.05, 3.63) is 30.1 Å². The number of hydrogen-bond acceptors (Lipinski definition) is 3. The number of pyridine rings is 1. The second kappa shape index (κ2) is 5.37. The summed E-state index contributed by atoms with van der Waals surface area (Å²) in [6.45, 7) is 6.41. The van der Waals surface area contributed by atoms with Crippen LogP contribution >= 0.6 is 11.8 Å². The van der Waals surface area contributed by atoms with Crippen molar-refractivity contribution >= 4 is 11.8 Å². The summed E-state index contributed by atoms with van der Waals surface area (Å²) in [5, 5.41) is 3.43. The Bertz CT molecular complexity index is 259. The van der Waals surface area contributed by atoms with E-state index >= 15 is 0 Å². The van der Waals surface area contributed by atoms with E-state index in [0.29, 0.717) is 4.75 Å². The molecule has 0 saturated heterocycles. The average Bonchev–Trinajstić information content (AvgIpc) is 2.19. The molecule has 0 aliphatic rings. The smallest absolute Gasteiger partial charge is 0.0312 e. The van der Waals surface area contributed by atoms with E-state index in [-0.39, 0.29) is 0 Å². The Morgan fingerprint density at radius 3 is 2.86 bits per heavy atom. The van der Waals surface area contributed by atoms with Crippen LogP contribution in [0.2, 0.25) is 0 Å². The summed E-state index contributed by atoms with van der Waals surface area (Å²) in [5.74, 6) is 0. The summed E-state index contributed by atoms with van der Waals surface area (Å²) in [6, 6.07) is 4.06. The van der Waals surface area contributed by atoms with Crippen molar-refractivity contribution in [2.75, 3.05) is 12.8 Å². The second-order valence-corrected chi connectivity index (χ2v) is 5.44. The van der Waals surface area contributed by atoms with Gasteiger partial charge in [-0.15, -0.1) is 0 Å². The number of hydrogen-bond donors (Lipinski definition) is 1. The van der Waals surface area contributed by atoms with Crippen LogP contribution in [0.4, 0.5) is 0 Å². The van der Waals surface area contributed by atoms with Gasteiger partial charge < -0.3 is 5.32 Å². The molecule has 3 heteroatoms. The van der Waals surface area contributed by atoms with Gasteiger partial charge in [0.2, 0.25) is 0 Å². The zero-order valence-electron chi connectivity index (χ0n) is 9.08. The summed E-state index contributed by atoms with van der Waals surface area (Å²) in [6.07, 6.45) is 5.85. The highest BCUT2D eigenvalue weighted by Gasteiger charge is 2.14. The first-order valence-corrected chi connectivity index (χ1v) is 6.01. The largest absolute Gasteiger partial charge is 0.311 e. The number of thioether (sulfide) groups is 1. The zero-order chi connectivity index (χ0) is 10.4. The third-order valence-corrected chi connectivity index (χ3v) is 3.40. The molecule has 1 N–H and O–H groups in total. The van der Waals surface area contributed by atoms with Gasteiger partial charge in [0.1, 0.15) is 0 Å². The van der Waals surface area contributed by atoms with E-state index in [1.165, 1.54) is 5.56 Å². The molecule has 1 rings (SSSR count). The summed E-state index contributed by atoms with van der Waals surface area (Å²) in [7, 11) is 0. The van der Waals surface area contributed by atoms with Crippen LogP contribution in [-0.4, -0.2) is 22.5 Å². The lowest BCUT2D eigenvalue weighted by Crippen LogP contribution is -2.31. The molecular weight excluding hydrogens is 192 g/mol. The molecule has 1 heterocycles. The lowest BCUT2D eigenvalue weighted by molar-refractivity contribution is 0.590. The van der Waals surface area contributed by atoms with Crippen molar-refractivity contribution in [2.45, 2.75) is 25.1 Å². The number of nitrogens with zero attached hydrogens (tertiary/aromatic N) is 1. The first-order chi connectivity index (χ1) is 6.64. The maximum atomic E-state index is 4.07. The molecule has 0 saturated carbocycles. The Balaban J connectivity index is 2.29. The molecule has 0 amide bonds. The van der Waals surface area contributed by atoms with E-state index < -0.39 is 0 Å². The second-order valence-electron chi connectivity index (χ2n) is 3.93. The summed E-state index contributed by atoms with van der Waals surface area (Å²) < 4.78 is 0.308. The third kappa shape index (κ3) is 4.11. The Morgan fingerprint density at radius 1 is 1.50 bits per heavy atom. The van der Waals surface area contributed by atoms with Crippen molar-refractivity contribution in [2.24, 2.45) is 0 Å². The van der Waals surface area contributed by atoms with Crippen LogP contribution in [0.1, 0.15) is 19.4 Å². The molecule has 0 aromatic carbocycles. The van der Waals surface area contributed by atoms with E-state index in [9.17, 15) is 0 Å². The normalized spacial score (nSPS) is 11.6. The van der Waals surface area contributed by atoms with Gasteiger partial charge in [0.15, 0.2) is 0 Å². The summed E-state index contributed by atoms with van der Waals surface area (Å²) in [4.78, 5) is 4.07. The molecule has 14 heavy (non-hydrogen) atoms. The van der Waals surface area contributed by atoms with Crippen molar-refractivity contribution in [3.8, 4) is 0 Å². The standard InChI is InChI=1S/C11H18N2S/c1-11(2,14-3)9-13-8-10-5-4-6-12-7-10/h4-7,13H,8-9H2,1-3H3. The third-order valence-electron chi connectivity index (χ3n) is 2.16. The lowest BCUT2D eigenvalue weighted by atomic mass is 10.2. The minimum atomic E-state index is 0.308. The number of nitrogens with one attached hydrogen (secondary N) is 1. The maximum Gasteiger partial charge on any atom is 0.0312 e. The van der Waals surface area contributed by atoms with Crippen molar-refractivity contribution in [1.82, 2.24) is 10.3 Å². The topological polar surface area (TPSA) is 24.9 Å². The van der Waals surface area contributed by atoms with Crippen LogP contribution in [0.25, 0.3) is 0 Å². The average molecular weight is 210 g/mol. The van der Waals surface area contributed by atoms with Gasteiger partial charge in [-0.3, -0.25) is 4.98 Å².